The SMILES string of the molecule is Clc1cc2nc(-c3ccc(Br)c4ccccc34)[nH]c2cc1Cl. The van der Waals surface area contributed by atoms with Crippen molar-refractivity contribution in [3.63, 3.8) is 0 Å². The van der Waals surface area contributed by atoms with Crippen LogP contribution in [0.25, 0.3) is 33.2 Å². The van der Waals surface area contributed by atoms with Crippen LogP contribution in [0.5, 0.6) is 0 Å². The molecule has 0 aliphatic rings. The quantitative estimate of drug-likeness (QED) is 0.396. The topological polar surface area (TPSA) is 28.7 Å². The lowest BCUT2D eigenvalue weighted by molar-refractivity contribution is 1.34. The van der Waals surface area contributed by atoms with Gasteiger partial charge in [0.1, 0.15) is 5.82 Å². The molecule has 0 fully saturated rings. The van der Waals surface area contributed by atoms with Gasteiger partial charge >= 0.3 is 0 Å². The van der Waals surface area contributed by atoms with Gasteiger partial charge in [-0.1, -0.05) is 63.4 Å². The number of nitrogens with zero attached hydrogens (tertiary/aromatic N) is 1. The summed E-state index contributed by atoms with van der Waals surface area (Å²) < 4.78 is 1.06. The van der Waals surface area contributed by atoms with Crippen molar-refractivity contribution in [3.8, 4) is 11.4 Å². The summed E-state index contributed by atoms with van der Waals surface area (Å²) in [5, 5.41) is 3.31. The lowest BCUT2D eigenvalue weighted by Gasteiger charge is -2.05. The minimum absolute atomic E-state index is 0.507. The van der Waals surface area contributed by atoms with Crippen LogP contribution in [-0.2, 0) is 0 Å². The Morgan fingerprint density at radius 1 is 0.909 bits per heavy atom. The van der Waals surface area contributed by atoms with Crippen molar-refractivity contribution >= 4 is 60.9 Å². The van der Waals surface area contributed by atoms with Crippen LogP contribution in [0, 0.1) is 0 Å². The molecule has 0 aliphatic heterocycles. The summed E-state index contributed by atoms with van der Waals surface area (Å²) in [6.07, 6.45) is 0. The van der Waals surface area contributed by atoms with Crippen molar-refractivity contribution in [2.75, 3.05) is 0 Å². The number of aromatic amines is 1. The maximum Gasteiger partial charge on any atom is 0.139 e. The van der Waals surface area contributed by atoms with Gasteiger partial charge in [-0.2, -0.15) is 0 Å². The van der Waals surface area contributed by atoms with Crippen molar-refractivity contribution in [3.05, 3.63) is 63.0 Å². The number of halogens is 3. The molecule has 0 spiro atoms. The van der Waals surface area contributed by atoms with Crippen LogP contribution in [0.2, 0.25) is 10.0 Å². The van der Waals surface area contributed by atoms with Gasteiger partial charge in [0, 0.05) is 10.0 Å². The molecular formula is C17H9BrCl2N2. The van der Waals surface area contributed by atoms with E-state index >= 15 is 0 Å². The number of nitrogens with one attached hydrogen (secondary N) is 1. The summed E-state index contributed by atoms with van der Waals surface area (Å²) in [5.74, 6) is 0.803. The van der Waals surface area contributed by atoms with Gasteiger partial charge in [-0.15, -0.1) is 0 Å². The number of rotatable bonds is 1. The highest BCUT2D eigenvalue weighted by molar-refractivity contribution is 9.10. The van der Waals surface area contributed by atoms with Crippen molar-refractivity contribution < 1.29 is 0 Å². The monoisotopic (exact) mass is 390 g/mol. The molecule has 4 rings (SSSR count). The number of benzene rings is 3. The normalized spacial score (nSPS) is 11.4. The Balaban J connectivity index is 2.01. The molecule has 0 bridgehead atoms. The third kappa shape index (κ3) is 2.21. The van der Waals surface area contributed by atoms with Crippen LogP contribution in [0.1, 0.15) is 0 Å². The molecule has 0 saturated carbocycles. The predicted molar refractivity (Wildman–Crippen MR) is 96.8 cm³/mol. The van der Waals surface area contributed by atoms with Gasteiger partial charge in [0.05, 0.1) is 21.1 Å². The average Bonchev–Trinajstić information content (AvgIpc) is 2.91. The zero-order valence-corrected chi connectivity index (χ0v) is 14.3. The fourth-order valence-electron chi connectivity index (χ4n) is 2.60. The van der Waals surface area contributed by atoms with Crippen molar-refractivity contribution in [2.45, 2.75) is 0 Å². The van der Waals surface area contributed by atoms with E-state index in [1.54, 1.807) is 12.1 Å². The van der Waals surface area contributed by atoms with E-state index in [1.807, 2.05) is 24.3 Å². The first kappa shape index (κ1) is 14.1. The molecule has 5 heteroatoms. The second kappa shape index (κ2) is 5.27. The molecule has 4 aromatic rings. The number of hydrogen-bond donors (Lipinski definition) is 1. The van der Waals surface area contributed by atoms with E-state index in [2.05, 4.69) is 38.0 Å². The van der Waals surface area contributed by atoms with Crippen molar-refractivity contribution in [1.29, 1.82) is 0 Å². The second-order valence-corrected chi connectivity index (χ2v) is 6.68. The minimum atomic E-state index is 0.507. The molecule has 0 amide bonds. The Hall–Kier alpha value is -1.55. The highest BCUT2D eigenvalue weighted by Crippen LogP contribution is 2.34. The van der Waals surface area contributed by atoms with E-state index in [0.717, 1.165) is 37.7 Å². The van der Waals surface area contributed by atoms with Gasteiger partial charge in [-0.25, -0.2) is 4.98 Å². The van der Waals surface area contributed by atoms with Crippen LogP contribution < -0.4 is 0 Å². The third-order valence-corrected chi connectivity index (χ3v) is 5.06. The van der Waals surface area contributed by atoms with E-state index in [1.165, 1.54) is 0 Å². The standard InChI is InChI=1S/C17H9BrCl2N2/c18-12-6-5-11(9-3-1-2-4-10(9)12)17-21-15-7-13(19)14(20)8-16(15)22-17/h1-8H,(H,21,22). The maximum atomic E-state index is 6.07. The molecular weight excluding hydrogens is 383 g/mol. The Bertz CT molecular complexity index is 985. The van der Waals surface area contributed by atoms with Crippen LogP contribution in [0.3, 0.4) is 0 Å². The highest BCUT2D eigenvalue weighted by Gasteiger charge is 2.11. The molecule has 0 aliphatic carbocycles. The molecule has 1 N–H and O–H groups in total. The lowest BCUT2D eigenvalue weighted by Crippen LogP contribution is -1.84. The van der Waals surface area contributed by atoms with Crippen LogP contribution in [0.15, 0.2) is 53.0 Å². The second-order valence-electron chi connectivity index (χ2n) is 5.01. The van der Waals surface area contributed by atoms with Crippen molar-refractivity contribution in [2.24, 2.45) is 0 Å². The first-order valence-corrected chi connectivity index (χ1v) is 8.21. The average molecular weight is 392 g/mol. The van der Waals surface area contributed by atoms with E-state index in [-0.39, 0.29) is 0 Å². The van der Waals surface area contributed by atoms with E-state index < -0.39 is 0 Å². The number of fused-ring (bicyclic) bond motifs is 2. The fourth-order valence-corrected chi connectivity index (χ4v) is 3.40. The van der Waals surface area contributed by atoms with Gasteiger partial charge in [-0.05, 0) is 35.0 Å². The van der Waals surface area contributed by atoms with Crippen LogP contribution in [-0.4, -0.2) is 9.97 Å². The molecule has 1 heterocycles. The first-order valence-electron chi connectivity index (χ1n) is 6.66. The molecule has 1 aromatic heterocycles. The predicted octanol–water partition coefficient (Wildman–Crippen LogP) is 6.45. The third-order valence-electron chi connectivity index (χ3n) is 3.65. The minimum Gasteiger partial charge on any atom is -0.338 e. The van der Waals surface area contributed by atoms with Gasteiger partial charge in [-0.3, -0.25) is 0 Å². The number of H-pyrrole nitrogens is 1. The van der Waals surface area contributed by atoms with E-state index in [0.29, 0.717) is 10.0 Å². The smallest absolute Gasteiger partial charge is 0.139 e. The summed E-state index contributed by atoms with van der Waals surface area (Å²) >= 11 is 15.7. The van der Waals surface area contributed by atoms with E-state index in [9.17, 15) is 0 Å². The summed E-state index contributed by atoms with van der Waals surface area (Å²) in [7, 11) is 0. The number of aromatic nitrogens is 2. The summed E-state index contributed by atoms with van der Waals surface area (Å²) in [6.45, 7) is 0. The Kier molecular flexibility index (Phi) is 3.37. The van der Waals surface area contributed by atoms with E-state index in [4.69, 9.17) is 23.2 Å². The summed E-state index contributed by atoms with van der Waals surface area (Å²) in [6, 6.07) is 15.9. The number of imidazole rings is 1. The summed E-state index contributed by atoms with van der Waals surface area (Å²) in [4.78, 5) is 7.97. The summed E-state index contributed by atoms with van der Waals surface area (Å²) in [5.41, 5.74) is 2.72. The zero-order valence-electron chi connectivity index (χ0n) is 11.2. The molecule has 0 saturated heterocycles. The van der Waals surface area contributed by atoms with Gasteiger partial charge in [0.15, 0.2) is 0 Å². The van der Waals surface area contributed by atoms with Crippen LogP contribution in [0.4, 0.5) is 0 Å². The van der Waals surface area contributed by atoms with Crippen LogP contribution >= 0.6 is 39.1 Å². The van der Waals surface area contributed by atoms with Crippen molar-refractivity contribution in [1.82, 2.24) is 9.97 Å². The Morgan fingerprint density at radius 2 is 1.64 bits per heavy atom. The molecule has 0 unspecified atom stereocenters. The van der Waals surface area contributed by atoms with Gasteiger partial charge in [0.25, 0.3) is 0 Å². The molecule has 0 atom stereocenters. The maximum absolute atomic E-state index is 6.07. The molecule has 0 radical (unpaired) electrons. The molecule has 108 valence electrons. The fraction of sp³-hybridized carbons (Fsp3) is 0. The largest absolute Gasteiger partial charge is 0.338 e. The first-order chi connectivity index (χ1) is 10.6. The lowest BCUT2D eigenvalue weighted by atomic mass is 10.0. The Labute approximate surface area is 145 Å². The molecule has 22 heavy (non-hydrogen) atoms. The zero-order chi connectivity index (χ0) is 15.3. The Morgan fingerprint density at radius 3 is 2.45 bits per heavy atom. The molecule has 2 nitrogen and oxygen atoms in total. The van der Waals surface area contributed by atoms with Gasteiger partial charge in [0.2, 0.25) is 0 Å². The van der Waals surface area contributed by atoms with Gasteiger partial charge < -0.3 is 4.98 Å². The molecule has 3 aromatic carbocycles. The highest BCUT2D eigenvalue weighted by atomic mass is 79.9. The number of hydrogen-bond acceptors (Lipinski definition) is 1.